The van der Waals surface area contributed by atoms with E-state index in [-0.39, 0.29) is 17.2 Å². The van der Waals surface area contributed by atoms with Crippen molar-refractivity contribution in [3.8, 4) is 0 Å². The highest BCUT2D eigenvalue weighted by Crippen LogP contribution is 2.40. The highest BCUT2D eigenvalue weighted by molar-refractivity contribution is 5.44. The fraction of sp³-hybridized carbons (Fsp3) is 0.793. The fourth-order valence-corrected chi connectivity index (χ4v) is 5.20. The van der Waals surface area contributed by atoms with Crippen LogP contribution in [-0.4, -0.2) is 22.7 Å². The van der Waals surface area contributed by atoms with Crippen LogP contribution in [-0.2, 0) is 4.84 Å². The van der Waals surface area contributed by atoms with E-state index < -0.39 is 0 Å². The Morgan fingerprint density at radius 3 is 1.84 bits per heavy atom. The molecule has 1 heterocycles. The van der Waals surface area contributed by atoms with Crippen LogP contribution in [0.25, 0.3) is 0 Å². The standard InChI is InChI=1S/C29H52N2O/c1-7-8-9-10-11-12-13-14-15-16-24-30-27-20-18-26(19-21-27)25(2)32-31-28(3,4)22-17-23-29(31,5)6/h18-21,25,30H,7-17,22-24H2,1-6H3. The predicted octanol–water partition coefficient (Wildman–Crippen LogP) is 9.06. The summed E-state index contributed by atoms with van der Waals surface area (Å²) >= 11 is 0. The number of hydroxylamine groups is 2. The van der Waals surface area contributed by atoms with Crippen molar-refractivity contribution >= 4 is 5.69 Å². The number of rotatable bonds is 15. The zero-order chi connectivity index (χ0) is 23.5. The molecule has 0 radical (unpaired) electrons. The maximum Gasteiger partial charge on any atom is 0.102 e. The Bertz CT molecular complexity index is 607. The summed E-state index contributed by atoms with van der Waals surface area (Å²) in [6.07, 6.45) is 17.6. The van der Waals surface area contributed by atoms with Crippen molar-refractivity contribution in [2.24, 2.45) is 0 Å². The summed E-state index contributed by atoms with van der Waals surface area (Å²) in [7, 11) is 0. The van der Waals surface area contributed by atoms with Gasteiger partial charge in [-0.15, -0.1) is 0 Å². The van der Waals surface area contributed by atoms with Crippen LogP contribution in [0, 0.1) is 0 Å². The number of hydrogen-bond donors (Lipinski definition) is 1. The molecular formula is C29H52N2O. The second-order valence-corrected chi connectivity index (χ2v) is 11.3. The van der Waals surface area contributed by atoms with Crippen LogP contribution in [0.5, 0.6) is 0 Å². The van der Waals surface area contributed by atoms with E-state index in [1.165, 1.54) is 94.7 Å². The van der Waals surface area contributed by atoms with Gasteiger partial charge in [0.15, 0.2) is 0 Å². The fourth-order valence-electron chi connectivity index (χ4n) is 5.20. The molecule has 32 heavy (non-hydrogen) atoms. The summed E-state index contributed by atoms with van der Waals surface area (Å²) in [4.78, 5) is 6.53. The van der Waals surface area contributed by atoms with E-state index in [9.17, 15) is 0 Å². The molecule has 0 aromatic heterocycles. The van der Waals surface area contributed by atoms with E-state index in [4.69, 9.17) is 4.84 Å². The molecule has 3 heteroatoms. The summed E-state index contributed by atoms with van der Waals surface area (Å²) in [5, 5.41) is 5.86. The van der Waals surface area contributed by atoms with E-state index in [2.05, 4.69) is 76.2 Å². The average Bonchev–Trinajstić information content (AvgIpc) is 2.74. The van der Waals surface area contributed by atoms with Crippen molar-refractivity contribution in [1.29, 1.82) is 0 Å². The van der Waals surface area contributed by atoms with Gasteiger partial charge in [-0.2, -0.15) is 5.06 Å². The van der Waals surface area contributed by atoms with Crippen molar-refractivity contribution in [2.45, 2.75) is 142 Å². The Kier molecular flexibility index (Phi) is 11.6. The molecule has 184 valence electrons. The molecule has 1 atom stereocenters. The molecule has 1 saturated heterocycles. The van der Waals surface area contributed by atoms with Crippen LogP contribution >= 0.6 is 0 Å². The Labute approximate surface area is 199 Å². The Morgan fingerprint density at radius 1 is 0.812 bits per heavy atom. The molecule has 1 unspecified atom stereocenters. The molecular weight excluding hydrogens is 392 g/mol. The summed E-state index contributed by atoms with van der Waals surface area (Å²) in [5.41, 5.74) is 2.61. The smallest absolute Gasteiger partial charge is 0.102 e. The molecule has 0 spiro atoms. The predicted molar refractivity (Wildman–Crippen MR) is 140 cm³/mol. The van der Waals surface area contributed by atoms with E-state index >= 15 is 0 Å². The van der Waals surface area contributed by atoms with Gasteiger partial charge in [0.25, 0.3) is 0 Å². The molecule has 1 aromatic rings. The Hall–Kier alpha value is -1.06. The minimum atomic E-state index is 0.0580. The molecule has 3 nitrogen and oxygen atoms in total. The van der Waals surface area contributed by atoms with Crippen molar-refractivity contribution in [1.82, 2.24) is 5.06 Å². The zero-order valence-electron chi connectivity index (χ0n) is 22.1. The SMILES string of the molecule is CCCCCCCCCCCCNc1ccc(C(C)ON2C(C)(C)CCCC2(C)C)cc1. The van der Waals surface area contributed by atoms with E-state index in [1.54, 1.807) is 0 Å². The second kappa shape index (κ2) is 13.6. The van der Waals surface area contributed by atoms with E-state index in [1.807, 2.05) is 0 Å². The Morgan fingerprint density at radius 2 is 1.31 bits per heavy atom. The zero-order valence-corrected chi connectivity index (χ0v) is 22.1. The van der Waals surface area contributed by atoms with Crippen LogP contribution in [0.4, 0.5) is 5.69 Å². The third-order valence-electron chi connectivity index (χ3n) is 7.18. The first-order valence-electron chi connectivity index (χ1n) is 13.6. The molecule has 0 amide bonds. The highest BCUT2D eigenvalue weighted by Gasteiger charge is 2.43. The maximum atomic E-state index is 6.53. The van der Waals surface area contributed by atoms with Gasteiger partial charge in [-0.25, -0.2) is 0 Å². The van der Waals surface area contributed by atoms with Crippen LogP contribution in [0.3, 0.4) is 0 Å². The summed E-state index contributed by atoms with van der Waals surface area (Å²) in [6, 6.07) is 8.85. The van der Waals surface area contributed by atoms with Gasteiger partial charge < -0.3 is 5.32 Å². The summed E-state index contributed by atoms with van der Waals surface area (Å²) in [5.74, 6) is 0. The molecule has 1 fully saturated rings. The molecule has 1 aliphatic rings. The molecule has 0 saturated carbocycles. The van der Waals surface area contributed by atoms with Gasteiger partial charge >= 0.3 is 0 Å². The lowest BCUT2D eigenvalue weighted by molar-refractivity contribution is -0.304. The molecule has 2 rings (SSSR count). The number of anilines is 1. The summed E-state index contributed by atoms with van der Waals surface area (Å²) < 4.78 is 0. The van der Waals surface area contributed by atoms with Crippen LogP contribution in [0.2, 0.25) is 0 Å². The number of benzene rings is 1. The first-order valence-corrected chi connectivity index (χ1v) is 13.6. The van der Waals surface area contributed by atoms with Crippen LogP contribution in [0.15, 0.2) is 24.3 Å². The van der Waals surface area contributed by atoms with Gasteiger partial charge in [-0.3, -0.25) is 4.84 Å². The summed E-state index contributed by atoms with van der Waals surface area (Å²) in [6.45, 7) is 14.8. The monoisotopic (exact) mass is 444 g/mol. The topological polar surface area (TPSA) is 24.5 Å². The molecule has 1 aromatic carbocycles. The van der Waals surface area contributed by atoms with Crippen molar-refractivity contribution in [3.05, 3.63) is 29.8 Å². The minimum absolute atomic E-state index is 0.0580. The van der Waals surface area contributed by atoms with Gasteiger partial charge in [-0.05, 0) is 78.0 Å². The lowest BCUT2D eigenvalue weighted by Crippen LogP contribution is -2.58. The van der Waals surface area contributed by atoms with Crippen molar-refractivity contribution in [2.75, 3.05) is 11.9 Å². The lowest BCUT2D eigenvalue weighted by atomic mass is 9.82. The van der Waals surface area contributed by atoms with Gasteiger partial charge in [0.1, 0.15) is 6.10 Å². The quantitative estimate of drug-likeness (QED) is 0.273. The number of nitrogens with one attached hydrogen (secondary N) is 1. The van der Waals surface area contributed by atoms with Crippen molar-refractivity contribution in [3.63, 3.8) is 0 Å². The number of unbranched alkanes of at least 4 members (excludes halogenated alkanes) is 9. The van der Waals surface area contributed by atoms with Crippen LogP contribution in [0.1, 0.15) is 137 Å². The second-order valence-electron chi connectivity index (χ2n) is 11.3. The normalized spacial score (nSPS) is 19.1. The number of nitrogens with zero attached hydrogens (tertiary/aromatic N) is 1. The number of hydrogen-bond acceptors (Lipinski definition) is 3. The Balaban J connectivity index is 1.65. The third-order valence-corrected chi connectivity index (χ3v) is 7.18. The van der Waals surface area contributed by atoms with E-state index in [0.717, 1.165) is 6.54 Å². The maximum absolute atomic E-state index is 6.53. The lowest BCUT2D eigenvalue weighted by Gasteiger charge is -2.52. The third kappa shape index (κ3) is 9.06. The van der Waals surface area contributed by atoms with Gasteiger partial charge in [0.05, 0.1) is 0 Å². The van der Waals surface area contributed by atoms with Gasteiger partial charge in [0.2, 0.25) is 0 Å². The van der Waals surface area contributed by atoms with Gasteiger partial charge in [0, 0.05) is 23.3 Å². The largest absolute Gasteiger partial charge is 0.385 e. The molecule has 1 aliphatic heterocycles. The first-order chi connectivity index (χ1) is 15.3. The highest BCUT2D eigenvalue weighted by atomic mass is 16.7. The van der Waals surface area contributed by atoms with Gasteiger partial charge in [-0.1, -0.05) is 76.8 Å². The minimum Gasteiger partial charge on any atom is -0.385 e. The average molecular weight is 445 g/mol. The van der Waals surface area contributed by atoms with Crippen LogP contribution < -0.4 is 5.32 Å². The van der Waals surface area contributed by atoms with Crippen molar-refractivity contribution < 1.29 is 4.84 Å². The molecule has 0 aliphatic carbocycles. The molecule has 0 bridgehead atoms. The van der Waals surface area contributed by atoms with E-state index in [0.29, 0.717) is 0 Å². The number of piperidine rings is 1. The first kappa shape index (κ1) is 27.2. The molecule has 1 N–H and O–H groups in total.